The van der Waals surface area contributed by atoms with Gasteiger partial charge in [0.05, 0.1) is 10.2 Å². The minimum absolute atomic E-state index is 0.0667. The van der Waals surface area contributed by atoms with Crippen molar-refractivity contribution < 1.29 is 4.79 Å². The van der Waals surface area contributed by atoms with E-state index in [0.717, 1.165) is 42.1 Å². The van der Waals surface area contributed by atoms with E-state index in [0.29, 0.717) is 11.6 Å². The summed E-state index contributed by atoms with van der Waals surface area (Å²) in [4.78, 5) is 19.6. The molecular weight excluding hydrogens is 378 g/mol. The van der Waals surface area contributed by atoms with Gasteiger partial charge in [-0.05, 0) is 55.2 Å². The summed E-state index contributed by atoms with van der Waals surface area (Å²) in [5, 5.41) is 4.81. The zero-order chi connectivity index (χ0) is 18.8. The van der Waals surface area contributed by atoms with Crippen LogP contribution in [0.3, 0.4) is 0 Å². The standard InChI is InChI=1S/C21H22ClN3OS/c1-14-5-6-18-19(11-14)27-21(24-18)25-9-7-16(8-10-25)20(26)23-13-15-3-2-4-17(22)12-15/h2-6,11-12,16H,7-10,13H2,1H3,(H,23,26). The molecule has 0 aliphatic carbocycles. The SMILES string of the molecule is Cc1ccc2nc(N3CCC(C(=O)NCc4cccc(Cl)c4)CC3)sc2c1. The molecule has 2 heterocycles. The molecule has 0 saturated carbocycles. The Morgan fingerprint density at radius 3 is 2.85 bits per heavy atom. The molecule has 0 atom stereocenters. The molecule has 27 heavy (non-hydrogen) atoms. The van der Waals surface area contributed by atoms with Gasteiger partial charge < -0.3 is 10.2 Å². The number of halogens is 1. The summed E-state index contributed by atoms with van der Waals surface area (Å²) in [6.07, 6.45) is 1.71. The lowest BCUT2D eigenvalue weighted by molar-refractivity contribution is -0.125. The summed E-state index contributed by atoms with van der Waals surface area (Å²) < 4.78 is 1.23. The van der Waals surface area contributed by atoms with E-state index in [1.807, 2.05) is 24.3 Å². The first-order valence-corrected chi connectivity index (χ1v) is 10.4. The summed E-state index contributed by atoms with van der Waals surface area (Å²) in [5.41, 5.74) is 3.34. The summed E-state index contributed by atoms with van der Waals surface area (Å²) in [6.45, 7) is 4.37. The molecule has 0 spiro atoms. The van der Waals surface area contributed by atoms with E-state index < -0.39 is 0 Å². The Kier molecular flexibility index (Phi) is 5.32. The molecule has 1 fully saturated rings. The topological polar surface area (TPSA) is 45.2 Å². The number of nitrogens with one attached hydrogen (secondary N) is 1. The fourth-order valence-electron chi connectivity index (χ4n) is 3.47. The van der Waals surface area contributed by atoms with Gasteiger partial charge in [-0.3, -0.25) is 4.79 Å². The van der Waals surface area contributed by atoms with Crippen LogP contribution in [0.2, 0.25) is 5.02 Å². The first-order valence-electron chi connectivity index (χ1n) is 9.23. The normalized spacial score (nSPS) is 15.3. The second-order valence-electron chi connectivity index (χ2n) is 7.08. The van der Waals surface area contributed by atoms with Crippen molar-refractivity contribution in [2.45, 2.75) is 26.3 Å². The number of fused-ring (bicyclic) bond motifs is 1. The molecule has 4 rings (SSSR count). The summed E-state index contributed by atoms with van der Waals surface area (Å²) >= 11 is 7.74. The average molecular weight is 400 g/mol. The molecular formula is C21H22ClN3OS. The van der Waals surface area contributed by atoms with Crippen molar-refractivity contribution in [3.63, 3.8) is 0 Å². The Labute approximate surface area is 168 Å². The number of thiazole rings is 1. The molecule has 3 aromatic rings. The zero-order valence-electron chi connectivity index (χ0n) is 15.2. The number of piperidine rings is 1. The van der Waals surface area contributed by atoms with Gasteiger partial charge in [0.1, 0.15) is 0 Å². The maximum Gasteiger partial charge on any atom is 0.223 e. The number of carbonyl (C=O) groups excluding carboxylic acids is 1. The Morgan fingerprint density at radius 1 is 1.26 bits per heavy atom. The van der Waals surface area contributed by atoms with E-state index in [1.54, 1.807) is 11.3 Å². The number of anilines is 1. The highest BCUT2D eigenvalue weighted by Crippen LogP contribution is 2.32. The highest BCUT2D eigenvalue weighted by molar-refractivity contribution is 7.22. The van der Waals surface area contributed by atoms with Crippen molar-refractivity contribution >= 4 is 44.2 Å². The van der Waals surface area contributed by atoms with Gasteiger partial charge in [0.15, 0.2) is 5.13 Å². The molecule has 0 bridgehead atoms. The van der Waals surface area contributed by atoms with Gasteiger partial charge in [-0.25, -0.2) is 4.98 Å². The summed E-state index contributed by atoms with van der Waals surface area (Å²) in [5.74, 6) is 0.201. The first-order chi connectivity index (χ1) is 13.1. The summed E-state index contributed by atoms with van der Waals surface area (Å²) in [7, 11) is 0. The molecule has 1 amide bonds. The van der Waals surface area contributed by atoms with Crippen LogP contribution in [-0.2, 0) is 11.3 Å². The molecule has 1 N–H and O–H groups in total. The van der Waals surface area contributed by atoms with Crippen LogP contribution in [0, 0.1) is 12.8 Å². The number of aryl methyl sites for hydroxylation is 1. The Bertz CT molecular complexity index is 963. The predicted molar refractivity (Wildman–Crippen MR) is 113 cm³/mol. The number of nitrogens with zero attached hydrogens (tertiary/aromatic N) is 2. The van der Waals surface area contributed by atoms with Crippen molar-refractivity contribution in [2.24, 2.45) is 5.92 Å². The van der Waals surface area contributed by atoms with Crippen molar-refractivity contribution in [1.82, 2.24) is 10.3 Å². The van der Waals surface area contributed by atoms with Crippen molar-refractivity contribution in [2.75, 3.05) is 18.0 Å². The third-order valence-corrected chi connectivity index (χ3v) is 6.34. The molecule has 1 saturated heterocycles. The van der Waals surface area contributed by atoms with Gasteiger partial charge in [-0.1, -0.05) is 41.1 Å². The lowest BCUT2D eigenvalue weighted by Crippen LogP contribution is -2.40. The van der Waals surface area contributed by atoms with Gasteiger partial charge in [0, 0.05) is 30.6 Å². The van der Waals surface area contributed by atoms with Crippen LogP contribution in [0.1, 0.15) is 24.0 Å². The molecule has 140 valence electrons. The molecule has 1 aliphatic heterocycles. The third-order valence-electron chi connectivity index (χ3n) is 5.02. The third kappa shape index (κ3) is 4.25. The van der Waals surface area contributed by atoms with E-state index in [9.17, 15) is 4.79 Å². The number of benzene rings is 2. The van der Waals surface area contributed by atoms with Gasteiger partial charge in [0.2, 0.25) is 5.91 Å². The van der Waals surface area contributed by atoms with Gasteiger partial charge in [-0.2, -0.15) is 0 Å². The van der Waals surface area contributed by atoms with Crippen molar-refractivity contribution in [3.8, 4) is 0 Å². The Hall–Kier alpha value is -2.11. The van der Waals surface area contributed by atoms with E-state index in [4.69, 9.17) is 16.6 Å². The molecule has 1 aliphatic rings. The van der Waals surface area contributed by atoms with Crippen LogP contribution < -0.4 is 10.2 Å². The van der Waals surface area contributed by atoms with Crippen molar-refractivity contribution in [3.05, 3.63) is 58.6 Å². The zero-order valence-corrected chi connectivity index (χ0v) is 16.8. The van der Waals surface area contributed by atoms with Gasteiger partial charge in [-0.15, -0.1) is 0 Å². The van der Waals surface area contributed by atoms with Crippen LogP contribution in [0.25, 0.3) is 10.2 Å². The molecule has 4 nitrogen and oxygen atoms in total. The molecule has 0 radical (unpaired) electrons. The molecule has 0 unspecified atom stereocenters. The monoisotopic (exact) mass is 399 g/mol. The van der Waals surface area contributed by atoms with Crippen LogP contribution in [0.15, 0.2) is 42.5 Å². The first kappa shape index (κ1) is 18.3. The van der Waals surface area contributed by atoms with E-state index >= 15 is 0 Å². The largest absolute Gasteiger partial charge is 0.352 e. The highest BCUT2D eigenvalue weighted by atomic mass is 35.5. The molecule has 6 heteroatoms. The number of aromatic nitrogens is 1. The number of amides is 1. The van der Waals surface area contributed by atoms with Crippen LogP contribution >= 0.6 is 22.9 Å². The number of carbonyl (C=O) groups is 1. The minimum atomic E-state index is 0.0667. The lowest BCUT2D eigenvalue weighted by atomic mass is 9.96. The smallest absolute Gasteiger partial charge is 0.223 e. The fourth-order valence-corrected chi connectivity index (χ4v) is 4.80. The maximum absolute atomic E-state index is 12.5. The van der Waals surface area contributed by atoms with Crippen LogP contribution in [-0.4, -0.2) is 24.0 Å². The van der Waals surface area contributed by atoms with Crippen LogP contribution in [0.4, 0.5) is 5.13 Å². The summed E-state index contributed by atoms with van der Waals surface area (Å²) in [6, 6.07) is 14.0. The van der Waals surface area contributed by atoms with Gasteiger partial charge >= 0.3 is 0 Å². The minimum Gasteiger partial charge on any atom is -0.352 e. The Morgan fingerprint density at radius 2 is 2.07 bits per heavy atom. The quantitative estimate of drug-likeness (QED) is 0.685. The lowest BCUT2D eigenvalue weighted by Gasteiger charge is -2.31. The second kappa shape index (κ2) is 7.87. The van der Waals surface area contributed by atoms with Crippen molar-refractivity contribution in [1.29, 1.82) is 0 Å². The molecule has 1 aromatic heterocycles. The van der Waals surface area contributed by atoms with E-state index in [2.05, 4.69) is 35.3 Å². The number of hydrogen-bond donors (Lipinski definition) is 1. The molecule has 2 aromatic carbocycles. The van der Waals surface area contributed by atoms with E-state index in [1.165, 1.54) is 10.3 Å². The highest BCUT2D eigenvalue weighted by Gasteiger charge is 2.26. The number of rotatable bonds is 4. The van der Waals surface area contributed by atoms with Crippen LogP contribution in [0.5, 0.6) is 0 Å². The average Bonchev–Trinajstić information content (AvgIpc) is 3.09. The predicted octanol–water partition coefficient (Wildman–Crippen LogP) is 4.79. The second-order valence-corrected chi connectivity index (χ2v) is 8.52. The van der Waals surface area contributed by atoms with E-state index in [-0.39, 0.29) is 11.8 Å². The fraction of sp³-hybridized carbons (Fsp3) is 0.333. The maximum atomic E-state index is 12.5. The number of hydrogen-bond acceptors (Lipinski definition) is 4. The van der Waals surface area contributed by atoms with Gasteiger partial charge in [0.25, 0.3) is 0 Å². The Balaban J connectivity index is 1.33.